The van der Waals surface area contributed by atoms with Crippen molar-refractivity contribution in [2.45, 2.75) is 58.6 Å². The van der Waals surface area contributed by atoms with Gasteiger partial charge in [0.25, 0.3) is 0 Å². The molecule has 0 aliphatic carbocycles. The van der Waals surface area contributed by atoms with Crippen LogP contribution in [0.1, 0.15) is 73.5 Å². The Morgan fingerprint density at radius 2 is 1.68 bits per heavy atom. The Balaban J connectivity index is 1.64. The van der Waals surface area contributed by atoms with Crippen molar-refractivity contribution in [2.75, 3.05) is 19.0 Å². The lowest BCUT2D eigenvalue weighted by Gasteiger charge is -2.27. The van der Waals surface area contributed by atoms with Crippen molar-refractivity contribution in [2.24, 2.45) is 4.99 Å². The molecule has 0 spiro atoms. The minimum Gasteiger partial charge on any atom is -0.465 e. The Hall–Kier alpha value is -4.46. The highest BCUT2D eigenvalue weighted by atomic mass is 16.6. The monoisotopic (exact) mass is 555 g/mol. The van der Waals surface area contributed by atoms with Crippen LogP contribution in [0.15, 0.2) is 77.8 Å². The number of fused-ring (bicyclic) bond motifs is 1. The Bertz CT molecular complexity index is 1430. The SMILES string of the molecule is CCCCN(Cc1ccc(N=C(c2ccccc2)C2C(=O)Nc3cc(C(=O)OC)ccc32)cc1)C(=O)OC(C)(C)C. The van der Waals surface area contributed by atoms with Crippen LogP contribution in [0.2, 0.25) is 0 Å². The van der Waals surface area contributed by atoms with E-state index in [-0.39, 0.29) is 12.0 Å². The first kappa shape index (κ1) is 29.5. The largest absolute Gasteiger partial charge is 0.465 e. The van der Waals surface area contributed by atoms with E-state index in [1.807, 2.05) is 75.4 Å². The number of methoxy groups -OCH3 is 1. The Morgan fingerprint density at radius 1 is 0.976 bits per heavy atom. The van der Waals surface area contributed by atoms with E-state index >= 15 is 0 Å². The fourth-order valence-corrected chi connectivity index (χ4v) is 4.63. The molecule has 0 saturated carbocycles. The van der Waals surface area contributed by atoms with Crippen LogP contribution < -0.4 is 5.32 Å². The van der Waals surface area contributed by atoms with E-state index in [1.54, 1.807) is 23.1 Å². The Labute approximate surface area is 241 Å². The number of nitrogens with one attached hydrogen (secondary N) is 1. The van der Waals surface area contributed by atoms with Gasteiger partial charge in [0.1, 0.15) is 11.5 Å². The van der Waals surface area contributed by atoms with E-state index in [1.165, 1.54) is 7.11 Å². The first-order chi connectivity index (χ1) is 19.6. The third-order valence-electron chi connectivity index (χ3n) is 6.64. The predicted octanol–water partition coefficient (Wildman–Crippen LogP) is 6.87. The number of carbonyl (C=O) groups excluding carboxylic acids is 3. The summed E-state index contributed by atoms with van der Waals surface area (Å²) in [6, 6.07) is 22.3. The lowest BCUT2D eigenvalue weighted by atomic mass is 9.90. The summed E-state index contributed by atoms with van der Waals surface area (Å²) in [6.07, 6.45) is 1.52. The van der Waals surface area contributed by atoms with Crippen LogP contribution in [0.4, 0.5) is 16.2 Å². The van der Waals surface area contributed by atoms with Gasteiger partial charge in [-0.15, -0.1) is 0 Å². The zero-order chi connectivity index (χ0) is 29.6. The second-order valence-electron chi connectivity index (χ2n) is 11.0. The van der Waals surface area contributed by atoms with Gasteiger partial charge in [-0.3, -0.25) is 9.79 Å². The summed E-state index contributed by atoms with van der Waals surface area (Å²) in [5, 5.41) is 2.90. The number of hydrogen-bond acceptors (Lipinski definition) is 6. The quantitative estimate of drug-likeness (QED) is 0.230. The van der Waals surface area contributed by atoms with E-state index in [4.69, 9.17) is 14.5 Å². The molecule has 0 aromatic heterocycles. The van der Waals surface area contributed by atoms with Crippen LogP contribution in [-0.4, -0.2) is 47.8 Å². The highest BCUT2D eigenvalue weighted by Gasteiger charge is 2.36. The van der Waals surface area contributed by atoms with Crippen molar-refractivity contribution in [3.63, 3.8) is 0 Å². The molecule has 1 heterocycles. The van der Waals surface area contributed by atoms with Gasteiger partial charge in [0, 0.05) is 18.8 Å². The molecule has 214 valence electrons. The fraction of sp³-hybridized carbons (Fsp3) is 0.333. The Morgan fingerprint density at radius 3 is 2.32 bits per heavy atom. The number of nitrogens with zero attached hydrogens (tertiary/aromatic N) is 2. The zero-order valence-electron chi connectivity index (χ0n) is 24.3. The van der Waals surface area contributed by atoms with Gasteiger partial charge < -0.3 is 19.7 Å². The Kier molecular flexibility index (Phi) is 9.22. The van der Waals surface area contributed by atoms with Gasteiger partial charge in [0.15, 0.2) is 0 Å². The summed E-state index contributed by atoms with van der Waals surface area (Å²) in [4.78, 5) is 44.8. The standard InChI is InChI=1S/C33H37N3O5/c1-6-7-19-36(32(39)41-33(2,3)4)21-22-13-16-25(17-14-22)34-29(23-11-9-8-10-12-23)28-26-18-15-24(31(38)40-5)20-27(26)35-30(28)37/h8-18,20,28H,6-7,19,21H2,1-5H3,(H,35,37). The summed E-state index contributed by atoms with van der Waals surface area (Å²) in [6.45, 7) is 8.71. The highest BCUT2D eigenvalue weighted by molar-refractivity contribution is 6.24. The molecule has 41 heavy (non-hydrogen) atoms. The number of unbranched alkanes of at least 4 members (excludes halogenated alkanes) is 1. The maximum atomic E-state index is 13.3. The number of anilines is 1. The average Bonchev–Trinajstić information content (AvgIpc) is 3.28. The molecule has 0 saturated heterocycles. The smallest absolute Gasteiger partial charge is 0.410 e. The van der Waals surface area contributed by atoms with Crippen molar-refractivity contribution in [1.82, 2.24) is 4.90 Å². The number of rotatable bonds is 9. The fourth-order valence-electron chi connectivity index (χ4n) is 4.63. The lowest BCUT2D eigenvalue weighted by Crippen LogP contribution is -2.37. The second kappa shape index (κ2) is 12.8. The number of esters is 1. The van der Waals surface area contributed by atoms with Gasteiger partial charge in [-0.05, 0) is 68.1 Å². The summed E-state index contributed by atoms with van der Waals surface area (Å²) in [5.41, 5.74) is 4.14. The van der Waals surface area contributed by atoms with Crippen LogP contribution in [0.5, 0.6) is 0 Å². The summed E-state index contributed by atoms with van der Waals surface area (Å²) in [5.74, 6) is -1.34. The molecule has 2 amide bonds. The summed E-state index contributed by atoms with van der Waals surface area (Å²) in [7, 11) is 1.32. The van der Waals surface area contributed by atoms with Crippen molar-refractivity contribution in [1.29, 1.82) is 0 Å². The van der Waals surface area contributed by atoms with Crippen LogP contribution in [-0.2, 0) is 20.8 Å². The highest BCUT2D eigenvalue weighted by Crippen LogP contribution is 2.37. The number of hydrogen-bond donors (Lipinski definition) is 1. The van der Waals surface area contributed by atoms with E-state index in [2.05, 4.69) is 12.2 Å². The van der Waals surface area contributed by atoms with Crippen molar-refractivity contribution in [3.8, 4) is 0 Å². The molecule has 1 aliphatic rings. The minimum absolute atomic E-state index is 0.217. The normalized spacial score (nSPS) is 14.7. The molecule has 0 radical (unpaired) electrons. The maximum absolute atomic E-state index is 13.3. The minimum atomic E-state index is -0.657. The third kappa shape index (κ3) is 7.39. The molecule has 1 atom stereocenters. The number of amides is 2. The van der Waals surface area contributed by atoms with Crippen LogP contribution >= 0.6 is 0 Å². The number of ether oxygens (including phenoxy) is 2. The van der Waals surface area contributed by atoms with Gasteiger partial charge in [0.2, 0.25) is 5.91 Å². The molecule has 8 nitrogen and oxygen atoms in total. The predicted molar refractivity (Wildman–Crippen MR) is 160 cm³/mol. The maximum Gasteiger partial charge on any atom is 0.410 e. The molecule has 1 aliphatic heterocycles. The van der Waals surface area contributed by atoms with E-state index in [0.717, 1.165) is 29.5 Å². The van der Waals surface area contributed by atoms with Gasteiger partial charge in [-0.1, -0.05) is 61.9 Å². The van der Waals surface area contributed by atoms with Crippen LogP contribution in [0.3, 0.4) is 0 Å². The molecule has 3 aromatic rings. The molecule has 1 unspecified atom stereocenters. The average molecular weight is 556 g/mol. The van der Waals surface area contributed by atoms with E-state index in [0.29, 0.717) is 35.7 Å². The second-order valence-corrected chi connectivity index (χ2v) is 11.0. The zero-order valence-corrected chi connectivity index (χ0v) is 24.3. The van der Waals surface area contributed by atoms with Crippen molar-refractivity contribution in [3.05, 3.63) is 95.1 Å². The topological polar surface area (TPSA) is 97.3 Å². The van der Waals surface area contributed by atoms with E-state index < -0.39 is 17.5 Å². The molecule has 0 fully saturated rings. The number of aliphatic imine (C=N–C) groups is 1. The first-order valence-corrected chi connectivity index (χ1v) is 13.8. The molecular weight excluding hydrogens is 518 g/mol. The molecule has 1 N–H and O–H groups in total. The molecule has 0 bridgehead atoms. The van der Waals surface area contributed by atoms with Gasteiger partial charge >= 0.3 is 12.1 Å². The van der Waals surface area contributed by atoms with Gasteiger partial charge in [-0.2, -0.15) is 0 Å². The molecular formula is C33H37N3O5. The van der Waals surface area contributed by atoms with E-state index in [9.17, 15) is 14.4 Å². The van der Waals surface area contributed by atoms with Crippen molar-refractivity contribution < 1.29 is 23.9 Å². The summed E-state index contributed by atoms with van der Waals surface area (Å²) >= 11 is 0. The molecule has 4 rings (SSSR count). The summed E-state index contributed by atoms with van der Waals surface area (Å²) < 4.78 is 10.4. The van der Waals surface area contributed by atoms with Gasteiger partial charge in [-0.25, -0.2) is 9.59 Å². The van der Waals surface area contributed by atoms with Crippen LogP contribution in [0.25, 0.3) is 0 Å². The van der Waals surface area contributed by atoms with Crippen LogP contribution in [0, 0.1) is 0 Å². The van der Waals surface area contributed by atoms with Gasteiger partial charge in [0.05, 0.1) is 24.1 Å². The molecule has 3 aromatic carbocycles. The lowest BCUT2D eigenvalue weighted by molar-refractivity contribution is -0.115. The first-order valence-electron chi connectivity index (χ1n) is 13.8. The number of benzene rings is 3. The van der Waals surface area contributed by atoms with Crippen molar-refractivity contribution >= 4 is 35.1 Å². The third-order valence-corrected chi connectivity index (χ3v) is 6.64. The number of carbonyl (C=O) groups is 3. The molecule has 8 heteroatoms.